The van der Waals surface area contributed by atoms with Crippen LogP contribution in [0.15, 0.2) is 24.5 Å². The smallest absolute Gasteiger partial charge is 0.0271 e. The van der Waals surface area contributed by atoms with E-state index in [1.54, 1.807) is 0 Å². The third-order valence-corrected chi connectivity index (χ3v) is 3.27. The van der Waals surface area contributed by atoms with Gasteiger partial charge in [-0.1, -0.05) is 19.8 Å². The summed E-state index contributed by atoms with van der Waals surface area (Å²) in [6.45, 7) is 6.77. The Hall–Kier alpha value is -0.930. The summed E-state index contributed by atoms with van der Waals surface area (Å²) in [7, 11) is 2.20. The van der Waals surface area contributed by atoms with Crippen LogP contribution in [0.1, 0.15) is 44.6 Å². The first kappa shape index (κ1) is 16.1. The minimum Gasteiger partial charge on any atom is -0.317 e. The highest BCUT2D eigenvalue weighted by Gasteiger charge is 1.99. The minimum absolute atomic E-state index is 1.03. The van der Waals surface area contributed by atoms with Crippen LogP contribution >= 0.6 is 0 Å². The Bertz CT molecular complexity index is 300. The molecular formula is C16H29N3. The standard InChI is InChI=1S/C16H29N3/c1-3-10-17-11-6-4-5-7-14-19(2)15-16-8-12-18-13-9-16/h8-9,12-13,17H,3-7,10-11,14-15H2,1-2H3. The Morgan fingerprint density at radius 3 is 2.53 bits per heavy atom. The number of hydrogen-bond acceptors (Lipinski definition) is 3. The molecule has 0 aliphatic heterocycles. The zero-order valence-corrected chi connectivity index (χ0v) is 12.6. The Balaban J connectivity index is 1.94. The van der Waals surface area contributed by atoms with Crippen LogP contribution in [-0.2, 0) is 6.54 Å². The van der Waals surface area contributed by atoms with Crippen LogP contribution in [0.4, 0.5) is 0 Å². The quantitative estimate of drug-likeness (QED) is 0.622. The fourth-order valence-electron chi connectivity index (χ4n) is 2.17. The number of nitrogens with one attached hydrogen (secondary N) is 1. The van der Waals surface area contributed by atoms with Crippen LogP contribution in [0.3, 0.4) is 0 Å². The number of unbranched alkanes of at least 4 members (excludes halogenated alkanes) is 3. The first-order chi connectivity index (χ1) is 9.33. The minimum atomic E-state index is 1.03. The van der Waals surface area contributed by atoms with Crippen molar-refractivity contribution in [2.45, 2.75) is 45.6 Å². The average molecular weight is 263 g/mol. The van der Waals surface area contributed by atoms with Gasteiger partial charge in [-0.15, -0.1) is 0 Å². The van der Waals surface area contributed by atoms with Gasteiger partial charge in [0.25, 0.3) is 0 Å². The summed E-state index contributed by atoms with van der Waals surface area (Å²) in [5, 5.41) is 3.45. The summed E-state index contributed by atoms with van der Waals surface area (Å²) in [6.07, 6.45) is 10.3. The van der Waals surface area contributed by atoms with Gasteiger partial charge in [0.1, 0.15) is 0 Å². The van der Waals surface area contributed by atoms with Crippen molar-refractivity contribution in [2.75, 3.05) is 26.7 Å². The Morgan fingerprint density at radius 2 is 1.79 bits per heavy atom. The molecule has 0 atom stereocenters. The van der Waals surface area contributed by atoms with E-state index in [-0.39, 0.29) is 0 Å². The maximum Gasteiger partial charge on any atom is 0.0271 e. The molecule has 0 aromatic carbocycles. The molecule has 1 aromatic rings. The Morgan fingerprint density at radius 1 is 1.05 bits per heavy atom. The van der Waals surface area contributed by atoms with Crippen molar-refractivity contribution in [3.8, 4) is 0 Å². The molecule has 0 saturated heterocycles. The van der Waals surface area contributed by atoms with E-state index in [1.807, 2.05) is 12.4 Å². The van der Waals surface area contributed by atoms with Gasteiger partial charge in [0.2, 0.25) is 0 Å². The van der Waals surface area contributed by atoms with Crippen molar-refractivity contribution in [1.29, 1.82) is 0 Å². The van der Waals surface area contributed by atoms with Crippen molar-refractivity contribution in [1.82, 2.24) is 15.2 Å². The van der Waals surface area contributed by atoms with E-state index in [4.69, 9.17) is 0 Å². The summed E-state index contributed by atoms with van der Waals surface area (Å²) in [5.41, 5.74) is 1.35. The highest BCUT2D eigenvalue weighted by molar-refractivity contribution is 5.09. The lowest BCUT2D eigenvalue weighted by Gasteiger charge is -2.16. The van der Waals surface area contributed by atoms with Gasteiger partial charge in [0, 0.05) is 18.9 Å². The SMILES string of the molecule is CCCNCCCCCCN(C)Cc1ccncc1. The largest absolute Gasteiger partial charge is 0.317 e. The van der Waals surface area contributed by atoms with Crippen LogP contribution in [-0.4, -0.2) is 36.6 Å². The van der Waals surface area contributed by atoms with E-state index < -0.39 is 0 Å². The van der Waals surface area contributed by atoms with E-state index >= 15 is 0 Å². The van der Waals surface area contributed by atoms with E-state index in [0.717, 1.165) is 13.1 Å². The van der Waals surface area contributed by atoms with Gasteiger partial charge in [-0.2, -0.15) is 0 Å². The second kappa shape index (κ2) is 10.9. The van der Waals surface area contributed by atoms with Crippen LogP contribution in [0.2, 0.25) is 0 Å². The molecule has 108 valence electrons. The van der Waals surface area contributed by atoms with Crippen molar-refractivity contribution in [3.05, 3.63) is 30.1 Å². The van der Waals surface area contributed by atoms with Crippen molar-refractivity contribution in [3.63, 3.8) is 0 Å². The lowest BCUT2D eigenvalue weighted by Crippen LogP contribution is -2.19. The summed E-state index contributed by atoms with van der Waals surface area (Å²) < 4.78 is 0. The van der Waals surface area contributed by atoms with Gasteiger partial charge in [0.05, 0.1) is 0 Å². The van der Waals surface area contributed by atoms with Gasteiger partial charge in [-0.05, 0) is 63.6 Å². The van der Waals surface area contributed by atoms with Gasteiger partial charge in [-0.25, -0.2) is 0 Å². The third-order valence-electron chi connectivity index (χ3n) is 3.27. The molecule has 0 radical (unpaired) electrons. The third kappa shape index (κ3) is 8.73. The molecule has 0 bridgehead atoms. The lowest BCUT2D eigenvalue weighted by atomic mass is 10.2. The predicted molar refractivity (Wildman–Crippen MR) is 82.2 cm³/mol. The Kier molecular flexibility index (Phi) is 9.29. The van der Waals surface area contributed by atoms with E-state index in [0.29, 0.717) is 0 Å². The highest BCUT2D eigenvalue weighted by Crippen LogP contribution is 2.04. The molecular weight excluding hydrogens is 234 g/mol. The first-order valence-electron chi connectivity index (χ1n) is 7.61. The van der Waals surface area contributed by atoms with Crippen LogP contribution in [0, 0.1) is 0 Å². The van der Waals surface area contributed by atoms with Gasteiger partial charge in [0.15, 0.2) is 0 Å². The van der Waals surface area contributed by atoms with Gasteiger partial charge < -0.3 is 10.2 Å². The molecule has 1 heterocycles. The molecule has 3 nitrogen and oxygen atoms in total. The molecule has 0 aliphatic carbocycles. The van der Waals surface area contributed by atoms with Gasteiger partial charge in [-0.3, -0.25) is 4.98 Å². The van der Waals surface area contributed by atoms with E-state index in [2.05, 4.69) is 41.3 Å². The molecule has 0 fully saturated rings. The summed E-state index contributed by atoms with van der Waals surface area (Å²) >= 11 is 0. The molecule has 3 heteroatoms. The highest BCUT2D eigenvalue weighted by atomic mass is 15.1. The number of hydrogen-bond donors (Lipinski definition) is 1. The van der Waals surface area contributed by atoms with E-state index in [1.165, 1.54) is 50.8 Å². The topological polar surface area (TPSA) is 28.2 Å². The summed E-state index contributed by atoms with van der Waals surface area (Å²) in [6, 6.07) is 4.19. The fraction of sp³-hybridized carbons (Fsp3) is 0.688. The number of rotatable bonds is 11. The zero-order valence-electron chi connectivity index (χ0n) is 12.6. The van der Waals surface area contributed by atoms with Crippen LogP contribution in [0.25, 0.3) is 0 Å². The predicted octanol–water partition coefficient (Wildman–Crippen LogP) is 3.07. The average Bonchev–Trinajstić information content (AvgIpc) is 2.43. The fourth-order valence-corrected chi connectivity index (χ4v) is 2.17. The van der Waals surface area contributed by atoms with Crippen LogP contribution in [0.5, 0.6) is 0 Å². The number of pyridine rings is 1. The molecule has 0 saturated carbocycles. The second-order valence-electron chi connectivity index (χ2n) is 5.26. The normalized spacial score (nSPS) is 11.1. The van der Waals surface area contributed by atoms with Gasteiger partial charge >= 0.3 is 0 Å². The molecule has 0 unspecified atom stereocenters. The first-order valence-corrected chi connectivity index (χ1v) is 7.61. The molecule has 0 aliphatic rings. The van der Waals surface area contributed by atoms with Crippen LogP contribution < -0.4 is 5.32 Å². The Labute approximate surface area is 118 Å². The molecule has 0 amide bonds. The maximum absolute atomic E-state index is 4.05. The number of aromatic nitrogens is 1. The molecule has 1 rings (SSSR count). The zero-order chi connectivity index (χ0) is 13.8. The van der Waals surface area contributed by atoms with Crippen molar-refractivity contribution in [2.24, 2.45) is 0 Å². The summed E-state index contributed by atoms with van der Waals surface area (Å²) in [4.78, 5) is 6.44. The molecule has 1 N–H and O–H groups in total. The maximum atomic E-state index is 4.05. The second-order valence-corrected chi connectivity index (χ2v) is 5.26. The number of nitrogens with zero attached hydrogens (tertiary/aromatic N) is 2. The molecule has 0 spiro atoms. The molecule has 1 aromatic heterocycles. The summed E-state index contributed by atoms with van der Waals surface area (Å²) in [5.74, 6) is 0. The lowest BCUT2D eigenvalue weighted by molar-refractivity contribution is 0.316. The monoisotopic (exact) mass is 263 g/mol. The molecule has 19 heavy (non-hydrogen) atoms. The van der Waals surface area contributed by atoms with Crippen molar-refractivity contribution >= 4 is 0 Å². The van der Waals surface area contributed by atoms with Crippen molar-refractivity contribution < 1.29 is 0 Å². The van der Waals surface area contributed by atoms with E-state index in [9.17, 15) is 0 Å².